The molecule has 0 bridgehead atoms. The number of hydrogen-bond donors (Lipinski definition) is 1. The van der Waals surface area contributed by atoms with Crippen LogP contribution >= 0.6 is 0 Å². The Labute approximate surface area is 90.4 Å². The summed E-state index contributed by atoms with van der Waals surface area (Å²) in [7, 11) is 0. The van der Waals surface area contributed by atoms with Crippen molar-refractivity contribution in [2.75, 3.05) is 0 Å². The second-order valence-corrected chi connectivity index (χ2v) is 3.51. The van der Waals surface area contributed by atoms with Gasteiger partial charge >= 0.3 is 0 Å². The lowest BCUT2D eigenvalue weighted by atomic mass is 9.96. The van der Waals surface area contributed by atoms with Gasteiger partial charge in [-0.25, -0.2) is 0 Å². The van der Waals surface area contributed by atoms with Crippen LogP contribution in [0.2, 0.25) is 0 Å². The Morgan fingerprint density at radius 3 is 2.93 bits per heavy atom. The zero-order valence-electron chi connectivity index (χ0n) is 8.98. The first-order chi connectivity index (χ1) is 7.31. The highest BCUT2D eigenvalue weighted by atomic mass is 16.3. The molecule has 0 aliphatic rings. The summed E-state index contributed by atoms with van der Waals surface area (Å²) in [6.45, 7) is 2.07. The lowest BCUT2D eigenvalue weighted by molar-refractivity contribution is 0.276. The van der Waals surface area contributed by atoms with Crippen LogP contribution in [-0.2, 0) is 6.61 Å². The molecular weight excluding hydrogens is 188 g/mol. The standard InChI is InChI=1S/C12H16N2O/c1-2-10(5-4-8-13)12-7-3-6-11(9-15)14-12/h3,6-7,10,15H,2,4-5,9H2,1H3. The minimum absolute atomic E-state index is 0.0253. The number of nitriles is 1. The highest BCUT2D eigenvalue weighted by Gasteiger charge is 2.10. The Hall–Kier alpha value is -1.40. The van der Waals surface area contributed by atoms with Crippen molar-refractivity contribution in [3.05, 3.63) is 29.6 Å². The van der Waals surface area contributed by atoms with E-state index < -0.39 is 0 Å². The first kappa shape index (κ1) is 11.7. The summed E-state index contributed by atoms with van der Waals surface area (Å²) in [5.41, 5.74) is 1.68. The predicted octanol–water partition coefficient (Wildman–Crippen LogP) is 2.37. The Balaban J connectivity index is 2.77. The fourth-order valence-electron chi connectivity index (χ4n) is 1.61. The van der Waals surface area contributed by atoms with E-state index in [0.29, 0.717) is 18.0 Å². The molecule has 0 aliphatic carbocycles. The summed E-state index contributed by atoms with van der Waals surface area (Å²) in [6, 6.07) is 7.83. The number of aliphatic hydroxyl groups excluding tert-OH is 1. The molecule has 0 aliphatic heterocycles. The van der Waals surface area contributed by atoms with Crippen molar-refractivity contribution in [1.29, 1.82) is 5.26 Å². The van der Waals surface area contributed by atoms with Gasteiger partial charge in [-0.15, -0.1) is 0 Å². The second kappa shape index (κ2) is 6.15. The molecule has 1 atom stereocenters. The smallest absolute Gasteiger partial charge is 0.0853 e. The van der Waals surface area contributed by atoms with Gasteiger partial charge in [0.15, 0.2) is 0 Å². The summed E-state index contributed by atoms with van der Waals surface area (Å²) in [6.07, 6.45) is 2.38. The van der Waals surface area contributed by atoms with Crippen LogP contribution in [0.5, 0.6) is 0 Å². The third kappa shape index (κ3) is 3.34. The molecule has 0 fully saturated rings. The third-order valence-electron chi connectivity index (χ3n) is 2.51. The van der Waals surface area contributed by atoms with E-state index in [0.717, 1.165) is 18.5 Å². The summed E-state index contributed by atoms with van der Waals surface area (Å²) in [5, 5.41) is 17.5. The number of hydrogen-bond acceptors (Lipinski definition) is 3. The van der Waals surface area contributed by atoms with Gasteiger partial charge in [0.1, 0.15) is 0 Å². The van der Waals surface area contributed by atoms with Gasteiger partial charge in [-0.05, 0) is 25.0 Å². The zero-order chi connectivity index (χ0) is 11.1. The minimum Gasteiger partial charge on any atom is -0.390 e. The van der Waals surface area contributed by atoms with Crippen molar-refractivity contribution in [2.24, 2.45) is 0 Å². The summed E-state index contributed by atoms with van der Waals surface area (Å²) >= 11 is 0. The van der Waals surface area contributed by atoms with Crippen LogP contribution in [0.3, 0.4) is 0 Å². The van der Waals surface area contributed by atoms with Crippen molar-refractivity contribution >= 4 is 0 Å². The molecule has 0 spiro atoms. The van der Waals surface area contributed by atoms with Crippen molar-refractivity contribution in [3.8, 4) is 6.07 Å². The SMILES string of the molecule is CCC(CCC#N)c1cccc(CO)n1. The third-order valence-corrected chi connectivity index (χ3v) is 2.51. The van der Waals surface area contributed by atoms with Crippen molar-refractivity contribution in [3.63, 3.8) is 0 Å². The number of pyridine rings is 1. The zero-order valence-corrected chi connectivity index (χ0v) is 8.98. The van der Waals surface area contributed by atoms with Crippen LogP contribution in [0, 0.1) is 11.3 Å². The van der Waals surface area contributed by atoms with Crippen LogP contribution in [0.15, 0.2) is 18.2 Å². The van der Waals surface area contributed by atoms with E-state index in [2.05, 4.69) is 18.0 Å². The molecule has 1 aromatic heterocycles. The molecule has 0 saturated carbocycles. The molecule has 15 heavy (non-hydrogen) atoms. The van der Waals surface area contributed by atoms with Gasteiger partial charge in [-0.1, -0.05) is 13.0 Å². The van der Waals surface area contributed by atoms with Crippen LogP contribution < -0.4 is 0 Å². The largest absolute Gasteiger partial charge is 0.390 e. The van der Waals surface area contributed by atoms with E-state index in [1.807, 2.05) is 12.1 Å². The van der Waals surface area contributed by atoms with Gasteiger partial charge in [-0.2, -0.15) is 5.26 Å². The summed E-state index contributed by atoms with van der Waals surface area (Å²) in [5.74, 6) is 0.330. The highest BCUT2D eigenvalue weighted by Crippen LogP contribution is 2.22. The Morgan fingerprint density at radius 1 is 1.53 bits per heavy atom. The predicted molar refractivity (Wildman–Crippen MR) is 58.0 cm³/mol. The van der Waals surface area contributed by atoms with Gasteiger partial charge in [0, 0.05) is 18.0 Å². The van der Waals surface area contributed by atoms with Crippen LogP contribution in [-0.4, -0.2) is 10.1 Å². The molecule has 0 saturated heterocycles. The Morgan fingerprint density at radius 2 is 2.33 bits per heavy atom. The maximum Gasteiger partial charge on any atom is 0.0853 e. The molecule has 1 aromatic rings. The molecule has 80 valence electrons. The van der Waals surface area contributed by atoms with E-state index in [9.17, 15) is 0 Å². The molecule has 3 heteroatoms. The average molecular weight is 204 g/mol. The van der Waals surface area contributed by atoms with Crippen LogP contribution in [0.25, 0.3) is 0 Å². The molecule has 0 radical (unpaired) electrons. The molecule has 1 heterocycles. The van der Waals surface area contributed by atoms with Crippen molar-refractivity contribution < 1.29 is 5.11 Å². The maximum absolute atomic E-state index is 8.98. The monoisotopic (exact) mass is 204 g/mol. The van der Waals surface area contributed by atoms with E-state index in [1.54, 1.807) is 6.07 Å². The molecule has 0 aromatic carbocycles. The summed E-state index contributed by atoms with van der Waals surface area (Å²) < 4.78 is 0. The van der Waals surface area contributed by atoms with Gasteiger partial charge < -0.3 is 5.11 Å². The lowest BCUT2D eigenvalue weighted by Gasteiger charge is -2.12. The molecule has 1 N–H and O–H groups in total. The van der Waals surface area contributed by atoms with Crippen molar-refractivity contribution in [1.82, 2.24) is 4.98 Å². The van der Waals surface area contributed by atoms with Gasteiger partial charge in [0.25, 0.3) is 0 Å². The van der Waals surface area contributed by atoms with Crippen molar-refractivity contribution in [2.45, 2.75) is 38.7 Å². The molecular formula is C12H16N2O. The van der Waals surface area contributed by atoms with Gasteiger partial charge in [0.05, 0.1) is 18.4 Å². The van der Waals surface area contributed by atoms with E-state index in [4.69, 9.17) is 10.4 Å². The van der Waals surface area contributed by atoms with Crippen LogP contribution in [0.4, 0.5) is 0 Å². The number of rotatable bonds is 5. The Kier molecular flexibility index (Phi) is 4.79. The highest BCUT2D eigenvalue weighted by molar-refractivity contribution is 5.14. The number of nitrogens with zero attached hydrogens (tertiary/aromatic N) is 2. The normalized spacial score (nSPS) is 12.1. The van der Waals surface area contributed by atoms with E-state index in [-0.39, 0.29) is 6.61 Å². The number of aromatic nitrogens is 1. The fourth-order valence-corrected chi connectivity index (χ4v) is 1.61. The first-order valence-corrected chi connectivity index (χ1v) is 5.25. The topological polar surface area (TPSA) is 56.9 Å². The number of aliphatic hydroxyl groups is 1. The van der Waals surface area contributed by atoms with Gasteiger partial charge in [0.2, 0.25) is 0 Å². The quantitative estimate of drug-likeness (QED) is 0.801. The first-order valence-electron chi connectivity index (χ1n) is 5.25. The average Bonchev–Trinajstić information content (AvgIpc) is 2.30. The minimum atomic E-state index is -0.0253. The molecule has 1 rings (SSSR count). The van der Waals surface area contributed by atoms with Gasteiger partial charge in [-0.3, -0.25) is 4.98 Å². The van der Waals surface area contributed by atoms with E-state index in [1.165, 1.54) is 0 Å². The summed E-state index contributed by atoms with van der Waals surface area (Å²) in [4.78, 5) is 4.36. The fraction of sp³-hybridized carbons (Fsp3) is 0.500. The lowest BCUT2D eigenvalue weighted by Crippen LogP contribution is -2.02. The molecule has 3 nitrogen and oxygen atoms in total. The van der Waals surface area contributed by atoms with Crippen LogP contribution in [0.1, 0.15) is 43.5 Å². The molecule has 0 amide bonds. The molecule has 1 unspecified atom stereocenters. The Bertz CT molecular complexity index is 344. The maximum atomic E-state index is 8.98. The van der Waals surface area contributed by atoms with E-state index >= 15 is 0 Å². The second-order valence-electron chi connectivity index (χ2n) is 3.51.